The zero-order valence-electron chi connectivity index (χ0n) is 16.2. The zero-order chi connectivity index (χ0) is 20.2. The highest BCUT2D eigenvalue weighted by Crippen LogP contribution is 2.34. The van der Waals surface area contributed by atoms with Crippen molar-refractivity contribution in [3.05, 3.63) is 53.1 Å². The van der Waals surface area contributed by atoms with Crippen LogP contribution in [0.25, 0.3) is 10.2 Å². The first-order chi connectivity index (χ1) is 14.1. The average Bonchev–Trinajstić information content (AvgIpc) is 3.18. The van der Waals surface area contributed by atoms with E-state index in [1.165, 1.54) is 0 Å². The first-order valence-corrected chi connectivity index (χ1v) is 10.8. The number of fused-ring (bicyclic) bond motifs is 1. The number of hydrogen-bond acceptors (Lipinski definition) is 6. The molecule has 4 rings (SSSR count). The lowest BCUT2D eigenvalue weighted by Crippen LogP contribution is -2.48. The molecule has 1 amide bonds. The predicted molar refractivity (Wildman–Crippen MR) is 119 cm³/mol. The SMILES string of the molecule is COc1cccc2sc(N3CCN(CCNC(=O)c4cccc(Cl)c4)CC3)nc12. The molecule has 1 fully saturated rings. The van der Waals surface area contributed by atoms with E-state index in [2.05, 4.69) is 21.2 Å². The normalized spacial score (nSPS) is 14.9. The number of nitrogens with one attached hydrogen (secondary N) is 1. The third-order valence-corrected chi connectivity index (χ3v) is 6.35. The molecule has 6 nitrogen and oxygen atoms in total. The van der Waals surface area contributed by atoms with Crippen molar-refractivity contribution in [3.63, 3.8) is 0 Å². The maximum absolute atomic E-state index is 12.2. The van der Waals surface area contributed by atoms with Crippen molar-refractivity contribution in [1.29, 1.82) is 0 Å². The van der Waals surface area contributed by atoms with Gasteiger partial charge in [0, 0.05) is 49.9 Å². The Labute approximate surface area is 179 Å². The number of ether oxygens (including phenoxy) is 1. The minimum Gasteiger partial charge on any atom is -0.494 e. The lowest BCUT2D eigenvalue weighted by Gasteiger charge is -2.34. The van der Waals surface area contributed by atoms with E-state index in [-0.39, 0.29) is 5.91 Å². The fourth-order valence-electron chi connectivity index (χ4n) is 3.43. The van der Waals surface area contributed by atoms with Crippen LogP contribution in [-0.4, -0.2) is 62.2 Å². The molecule has 3 aromatic rings. The fraction of sp³-hybridized carbons (Fsp3) is 0.333. The number of anilines is 1. The molecule has 1 N–H and O–H groups in total. The van der Waals surface area contributed by atoms with Gasteiger partial charge < -0.3 is 15.0 Å². The van der Waals surface area contributed by atoms with E-state index < -0.39 is 0 Å². The van der Waals surface area contributed by atoms with Gasteiger partial charge in [-0.25, -0.2) is 4.98 Å². The van der Waals surface area contributed by atoms with Gasteiger partial charge in [-0.2, -0.15) is 0 Å². The van der Waals surface area contributed by atoms with Crippen molar-refractivity contribution in [2.75, 3.05) is 51.3 Å². The topological polar surface area (TPSA) is 57.7 Å². The van der Waals surface area contributed by atoms with Gasteiger partial charge in [-0.15, -0.1) is 0 Å². The van der Waals surface area contributed by atoms with Crippen LogP contribution in [0.15, 0.2) is 42.5 Å². The van der Waals surface area contributed by atoms with E-state index in [1.54, 1.807) is 42.7 Å². The fourth-order valence-corrected chi connectivity index (χ4v) is 4.66. The van der Waals surface area contributed by atoms with Gasteiger partial charge in [-0.1, -0.05) is 35.1 Å². The molecule has 2 aromatic carbocycles. The number of thiazole rings is 1. The van der Waals surface area contributed by atoms with Gasteiger partial charge in [0.1, 0.15) is 11.3 Å². The second-order valence-electron chi connectivity index (χ2n) is 6.90. The monoisotopic (exact) mass is 430 g/mol. The third kappa shape index (κ3) is 4.63. The molecule has 0 bridgehead atoms. The van der Waals surface area contributed by atoms with E-state index in [9.17, 15) is 4.79 Å². The quantitative estimate of drug-likeness (QED) is 0.648. The van der Waals surface area contributed by atoms with Crippen molar-refractivity contribution < 1.29 is 9.53 Å². The first kappa shape index (κ1) is 19.9. The molecule has 29 heavy (non-hydrogen) atoms. The second-order valence-corrected chi connectivity index (χ2v) is 8.34. The summed E-state index contributed by atoms with van der Waals surface area (Å²) in [4.78, 5) is 21.7. The summed E-state index contributed by atoms with van der Waals surface area (Å²) >= 11 is 7.65. The maximum atomic E-state index is 12.2. The smallest absolute Gasteiger partial charge is 0.251 e. The molecule has 1 aliphatic rings. The summed E-state index contributed by atoms with van der Waals surface area (Å²) in [6, 6.07) is 13.0. The zero-order valence-corrected chi connectivity index (χ0v) is 17.8. The number of halogens is 1. The number of methoxy groups -OCH3 is 1. The van der Waals surface area contributed by atoms with Gasteiger partial charge in [0.2, 0.25) is 0 Å². The number of benzene rings is 2. The number of carbonyl (C=O) groups is 1. The molecule has 2 heterocycles. The van der Waals surface area contributed by atoms with Crippen LogP contribution in [0.2, 0.25) is 5.02 Å². The number of aromatic nitrogens is 1. The molecule has 0 unspecified atom stereocenters. The van der Waals surface area contributed by atoms with E-state index in [0.717, 1.165) is 53.8 Å². The van der Waals surface area contributed by atoms with E-state index in [1.807, 2.05) is 12.1 Å². The molecule has 0 saturated carbocycles. The average molecular weight is 431 g/mol. The highest BCUT2D eigenvalue weighted by Gasteiger charge is 2.20. The maximum Gasteiger partial charge on any atom is 0.251 e. The van der Waals surface area contributed by atoms with E-state index >= 15 is 0 Å². The summed E-state index contributed by atoms with van der Waals surface area (Å²) in [5.41, 5.74) is 1.52. The summed E-state index contributed by atoms with van der Waals surface area (Å²) < 4.78 is 6.57. The Morgan fingerprint density at radius 1 is 1.21 bits per heavy atom. The van der Waals surface area contributed by atoms with E-state index in [0.29, 0.717) is 17.1 Å². The van der Waals surface area contributed by atoms with Crippen LogP contribution in [0, 0.1) is 0 Å². The summed E-state index contributed by atoms with van der Waals surface area (Å²) in [5, 5.41) is 4.58. The number of nitrogens with zero attached hydrogens (tertiary/aromatic N) is 3. The second kappa shape index (κ2) is 8.98. The number of piperazine rings is 1. The van der Waals surface area contributed by atoms with Gasteiger partial charge in [-0.3, -0.25) is 9.69 Å². The minimum absolute atomic E-state index is 0.0884. The van der Waals surface area contributed by atoms with Crippen molar-refractivity contribution in [2.24, 2.45) is 0 Å². The standard InChI is InChI=1S/C21H23ClN4O2S/c1-28-17-6-3-7-18-19(17)24-21(29-18)26-12-10-25(11-13-26)9-8-23-20(27)15-4-2-5-16(22)14-15/h2-7,14H,8-13H2,1H3,(H,23,27). The van der Waals surface area contributed by atoms with Crippen molar-refractivity contribution >= 4 is 44.2 Å². The van der Waals surface area contributed by atoms with Crippen LogP contribution in [-0.2, 0) is 0 Å². The molecule has 1 aliphatic heterocycles. The molecule has 1 aromatic heterocycles. The predicted octanol–water partition coefficient (Wildman–Crippen LogP) is 3.51. The number of rotatable bonds is 6. The molecule has 152 valence electrons. The Morgan fingerprint density at radius 2 is 2.00 bits per heavy atom. The van der Waals surface area contributed by atoms with Crippen LogP contribution in [0.1, 0.15) is 10.4 Å². The number of carbonyl (C=O) groups excluding carboxylic acids is 1. The summed E-state index contributed by atoms with van der Waals surface area (Å²) in [5.74, 6) is 0.730. The Kier molecular flexibility index (Phi) is 6.18. The van der Waals surface area contributed by atoms with Gasteiger partial charge in [0.15, 0.2) is 5.13 Å². The van der Waals surface area contributed by atoms with Crippen LogP contribution in [0.3, 0.4) is 0 Å². The Balaban J connectivity index is 1.27. The number of hydrogen-bond donors (Lipinski definition) is 1. The third-order valence-electron chi connectivity index (χ3n) is 5.03. The first-order valence-electron chi connectivity index (χ1n) is 9.58. The minimum atomic E-state index is -0.0884. The number of amides is 1. The lowest BCUT2D eigenvalue weighted by molar-refractivity contribution is 0.0948. The highest BCUT2D eigenvalue weighted by atomic mass is 35.5. The molecule has 0 spiro atoms. The van der Waals surface area contributed by atoms with Crippen LogP contribution in [0.4, 0.5) is 5.13 Å². The highest BCUT2D eigenvalue weighted by molar-refractivity contribution is 7.22. The van der Waals surface area contributed by atoms with Gasteiger partial charge in [-0.05, 0) is 30.3 Å². The van der Waals surface area contributed by atoms with Gasteiger partial charge >= 0.3 is 0 Å². The number of para-hydroxylation sites is 1. The van der Waals surface area contributed by atoms with Crippen LogP contribution in [0.5, 0.6) is 5.75 Å². The molecule has 0 radical (unpaired) electrons. The van der Waals surface area contributed by atoms with Gasteiger partial charge in [0.05, 0.1) is 11.8 Å². The summed E-state index contributed by atoms with van der Waals surface area (Å²) in [6.07, 6.45) is 0. The molecular formula is C21H23ClN4O2S. The molecule has 0 atom stereocenters. The Morgan fingerprint density at radius 3 is 2.76 bits per heavy atom. The largest absolute Gasteiger partial charge is 0.494 e. The Hall–Kier alpha value is -2.35. The molecular weight excluding hydrogens is 408 g/mol. The molecule has 8 heteroatoms. The molecule has 1 saturated heterocycles. The summed E-state index contributed by atoms with van der Waals surface area (Å²) in [7, 11) is 1.68. The van der Waals surface area contributed by atoms with Crippen molar-refractivity contribution in [3.8, 4) is 5.75 Å². The van der Waals surface area contributed by atoms with Crippen molar-refractivity contribution in [2.45, 2.75) is 0 Å². The summed E-state index contributed by atoms with van der Waals surface area (Å²) in [6.45, 7) is 5.17. The van der Waals surface area contributed by atoms with Crippen LogP contribution >= 0.6 is 22.9 Å². The van der Waals surface area contributed by atoms with E-state index in [4.69, 9.17) is 21.3 Å². The lowest BCUT2D eigenvalue weighted by atomic mass is 10.2. The Bertz CT molecular complexity index is 1000. The van der Waals surface area contributed by atoms with Gasteiger partial charge in [0.25, 0.3) is 5.91 Å². The van der Waals surface area contributed by atoms with Crippen LogP contribution < -0.4 is 15.0 Å². The van der Waals surface area contributed by atoms with Crippen molar-refractivity contribution in [1.82, 2.24) is 15.2 Å². The molecule has 0 aliphatic carbocycles.